The molecule has 54 heavy (non-hydrogen) atoms. The van der Waals surface area contributed by atoms with Gasteiger partial charge in [-0.15, -0.1) is 0 Å². The van der Waals surface area contributed by atoms with E-state index in [1.165, 1.54) is 12.1 Å². The molecule has 3 heterocycles. The first kappa shape index (κ1) is 40.6. The molecule has 0 saturated carbocycles. The molecule has 5 atom stereocenters. The second-order valence-electron chi connectivity index (χ2n) is 14.2. The van der Waals surface area contributed by atoms with Crippen LogP contribution in [0.25, 0.3) is 0 Å². The summed E-state index contributed by atoms with van der Waals surface area (Å²) >= 11 is 0. The molecule has 2 saturated heterocycles. The van der Waals surface area contributed by atoms with Crippen LogP contribution in [0.2, 0.25) is 0 Å². The van der Waals surface area contributed by atoms with Crippen LogP contribution in [0.1, 0.15) is 83.3 Å². The van der Waals surface area contributed by atoms with Crippen molar-refractivity contribution in [2.75, 3.05) is 26.6 Å². The van der Waals surface area contributed by atoms with Gasteiger partial charge in [0.1, 0.15) is 24.6 Å². The van der Waals surface area contributed by atoms with E-state index in [0.717, 1.165) is 11.1 Å². The van der Waals surface area contributed by atoms with Crippen molar-refractivity contribution in [3.63, 3.8) is 0 Å². The Morgan fingerprint density at radius 1 is 0.944 bits per heavy atom. The van der Waals surface area contributed by atoms with Crippen LogP contribution < -0.4 is 25.4 Å². The quantitative estimate of drug-likeness (QED) is 0.147. The Morgan fingerprint density at radius 3 is 2.48 bits per heavy atom. The molecule has 2 aromatic carbocycles. The van der Waals surface area contributed by atoms with Crippen molar-refractivity contribution in [2.24, 2.45) is 5.92 Å². The van der Waals surface area contributed by atoms with E-state index in [1.807, 2.05) is 19.9 Å². The number of alkyl carbamates (subject to hydrolysis) is 2. The monoisotopic (exact) mass is 757 g/mol. The lowest BCUT2D eigenvalue weighted by Gasteiger charge is -2.47. The summed E-state index contributed by atoms with van der Waals surface area (Å²) in [6.45, 7) is 6.50. The number of hydrogen-bond acceptors (Lipinski definition) is 11. The molecule has 0 aliphatic carbocycles. The molecular weight excluding hydrogens is 705 g/mol. The van der Waals surface area contributed by atoms with Crippen LogP contribution >= 0.6 is 0 Å². The van der Waals surface area contributed by atoms with E-state index in [0.29, 0.717) is 50.0 Å². The Labute approximate surface area is 315 Å². The van der Waals surface area contributed by atoms with E-state index >= 15 is 0 Å². The Bertz CT molecular complexity index is 1580. The molecule has 0 aromatic heterocycles. The van der Waals surface area contributed by atoms with Crippen molar-refractivity contribution in [2.45, 2.75) is 115 Å². The number of halogens is 1. The zero-order chi connectivity index (χ0) is 38.5. The van der Waals surface area contributed by atoms with Crippen LogP contribution in [-0.2, 0) is 46.2 Å². The van der Waals surface area contributed by atoms with Gasteiger partial charge in [-0.05, 0) is 80.3 Å². The molecule has 14 nitrogen and oxygen atoms in total. The van der Waals surface area contributed by atoms with Gasteiger partial charge in [0.25, 0.3) is 0 Å². The number of benzene rings is 2. The van der Waals surface area contributed by atoms with Gasteiger partial charge in [-0.2, -0.15) is 0 Å². The molecule has 0 radical (unpaired) electrons. The summed E-state index contributed by atoms with van der Waals surface area (Å²) in [6.07, 6.45) is 0.833. The van der Waals surface area contributed by atoms with Crippen LogP contribution in [0, 0.1) is 11.7 Å². The van der Waals surface area contributed by atoms with Crippen LogP contribution in [-0.4, -0.2) is 80.8 Å². The maximum atomic E-state index is 13.3. The largest absolute Gasteiger partial charge is 0.464 e. The Kier molecular flexibility index (Phi) is 14.7. The summed E-state index contributed by atoms with van der Waals surface area (Å²) in [7, 11) is 0. The van der Waals surface area contributed by atoms with Gasteiger partial charge >= 0.3 is 18.2 Å². The third-order valence-electron chi connectivity index (χ3n) is 9.36. The number of hydrogen-bond donors (Lipinski definition) is 3. The van der Waals surface area contributed by atoms with E-state index in [9.17, 15) is 23.6 Å². The fraction of sp³-hybridized carbons (Fsp3) is 0.590. The van der Waals surface area contributed by atoms with E-state index in [-0.39, 0.29) is 70.0 Å². The highest BCUT2D eigenvalue weighted by Gasteiger charge is 2.47. The summed E-state index contributed by atoms with van der Waals surface area (Å²) in [5.74, 6) is -0.847. The highest BCUT2D eigenvalue weighted by molar-refractivity contribution is 5.84. The standard InChI is InChI=1S/C39H52FN3O11/c1-4-48-36(45)32(18-25(2)3)43-35(44)14-12-29-20-31(52-38(47)41-17-15-26-7-10-28(40)11-8-26)21-39(53-29)16-5-6-30(54-39)23-49-37(46)42-22-27-9-13-33-34(19-27)51-24-50-33/h7-11,13,19,25,29-32H,4-6,12,14-18,20-24H2,1-3H3,(H,41,47)(H,42,46)(H,43,44)/t29-,30-,31-,32+,39+/m1/s1. The topological polar surface area (TPSA) is 169 Å². The van der Waals surface area contributed by atoms with Crippen LogP contribution in [0.3, 0.4) is 0 Å². The molecule has 3 aliphatic rings. The van der Waals surface area contributed by atoms with Crippen molar-refractivity contribution in [1.29, 1.82) is 0 Å². The minimum Gasteiger partial charge on any atom is -0.464 e. The number of amides is 3. The lowest BCUT2D eigenvalue weighted by molar-refractivity contribution is -0.329. The smallest absolute Gasteiger partial charge is 0.407 e. The number of nitrogens with one attached hydrogen (secondary N) is 3. The van der Waals surface area contributed by atoms with Gasteiger partial charge in [-0.3, -0.25) is 4.79 Å². The Hall–Kier alpha value is -4.63. The van der Waals surface area contributed by atoms with E-state index in [2.05, 4.69) is 16.0 Å². The van der Waals surface area contributed by atoms with Gasteiger partial charge in [0.05, 0.1) is 18.8 Å². The molecule has 3 N–H and O–H groups in total. The minimum absolute atomic E-state index is 0.0222. The number of carbonyl (C=O) groups excluding carboxylic acids is 4. The first-order chi connectivity index (χ1) is 26.0. The van der Waals surface area contributed by atoms with E-state index in [4.69, 9.17) is 33.2 Å². The number of esters is 1. The first-order valence-corrected chi connectivity index (χ1v) is 18.8. The summed E-state index contributed by atoms with van der Waals surface area (Å²) in [5.41, 5.74) is 1.69. The number of rotatable bonds is 16. The van der Waals surface area contributed by atoms with Crippen molar-refractivity contribution < 1.29 is 56.7 Å². The number of fused-ring (bicyclic) bond motifs is 1. The normalized spacial score (nSPS) is 22.3. The molecule has 5 rings (SSSR count). The summed E-state index contributed by atoms with van der Waals surface area (Å²) < 4.78 is 53.6. The van der Waals surface area contributed by atoms with Gasteiger partial charge < -0.3 is 49.1 Å². The maximum Gasteiger partial charge on any atom is 0.407 e. The molecular formula is C39H52FN3O11. The van der Waals surface area contributed by atoms with Crippen molar-refractivity contribution >= 4 is 24.1 Å². The highest BCUT2D eigenvalue weighted by Crippen LogP contribution is 2.41. The second-order valence-corrected chi connectivity index (χ2v) is 14.2. The summed E-state index contributed by atoms with van der Waals surface area (Å²) in [5, 5.41) is 8.31. The molecule has 15 heteroatoms. The molecule has 296 valence electrons. The molecule has 3 amide bonds. The molecule has 0 bridgehead atoms. The van der Waals surface area contributed by atoms with Gasteiger partial charge in [0, 0.05) is 38.8 Å². The third-order valence-corrected chi connectivity index (χ3v) is 9.36. The average Bonchev–Trinajstić information content (AvgIpc) is 3.61. The first-order valence-electron chi connectivity index (χ1n) is 18.8. The summed E-state index contributed by atoms with van der Waals surface area (Å²) in [4.78, 5) is 51.1. The minimum atomic E-state index is -1.14. The lowest BCUT2D eigenvalue weighted by Crippen LogP contribution is -2.54. The van der Waals surface area contributed by atoms with Gasteiger partial charge in [0.2, 0.25) is 12.7 Å². The predicted molar refractivity (Wildman–Crippen MR) is 192 cm³/mol. The van der Waals surface area contributed by atoms with Gasteiger partial charge in [-0.1, -0.05) is 32.0 Å². The van der Waals surface area contributed by atoms with Gasteiger partial charge in [0.15, 0.2) is 17.3 Å². The lowest BCUT2D eigenvalue weighted by atomic mass is 9.90. The van der Waals surface area contributed by atoms with E-state index in [1.54, 1.807) is 31.2 Å². The fourth-order valence-corrected chi connectivity index (χ4v) is 6.85. The number of ether oxygens (including phenoxy) is 7. The zero-order valence-electron chi connectivity index (χ0n) is 31.2. The molecule has 1 spiro atoms. The molecule has 2 aromatic rings. The van der Waals surface area contributed by atoms with Crippen LogP contribution in [0.15, 0.2) is 42.5 Å². The van der Waals surface area contributed by atoms with Crippen LogP contribution in [0.5, 0.6) is 11.5 Å². The highest BCUT2D eigenvalue weighted by atomic mass is 19.1. The fourth-order valence-electron chi connectivity index (χ4n) is 6.85. The van der Waals surface area contributed by atoms with Crippen molar-refractivity contribution in [3.05, 3.63) is 59.4 Å². The Balaban J connectivity index is 1.16. The number of carbonyl (C=O) groups is 4. The van der Waals surface area contributed by atoms with Gasteiger partial charge in [-0.25, -0.2) is 18.8 Å². The van der Waals surface area contributed by atoms with E-state index < -0.39 is 48.3 Å². The maximum absolute atomic E-state index is 13.3. The SMILES string of the molecule is CCOC(=O)[C@H](CC(C)C)NC(=O)CC[C@@H]1C[C@@H](OC(=O)NCCc2ccc(F)cc2)C[C@@]2(CCC[C@H](COC(=O)NCc3ccc4c(c3)OCO4)O2)O1. The second kappa shape index (κ2) is 19.6. The zero-order valence-corrected chi connectivity index (χ0v) is 31.2. The Morgan fingerprint density at radius 2 is 1.70 bits per heavy atom. The average molecular weight is 758 g/mol. The molecule has 0 unspecified atom stereocenters. The molecule has 2 fully saturated rings. The van der Waals surface area contributed by atoms with Crippen molar-refractivity contribution in [1.82, 2.24) is 16.0 Å². The predicted octanol–water partition coefficient (Wildman–Crippen LogP) is 5.44. The third kappa shape index (κ3) is 12.5. The molecule has 3 aliphatic heterocycles. The van der Waals surface area contributed by atoms with Crippen LogP contribution in [0.4, 0.5) is 14.0 Å². The van der Waals surface area contributed by atoms with Crippen molar-refractivity contribution in [3.8, 4) is 11.5 Å². The summed E-state index contributed by atoms with van der Waals surface area (Å²) in [6, 6.07) is 10.7.